The standard InChI is InChI=1S/C19H22N4O.ClH/c1-20-18(17-11-21-23(3)13-17)19(24)22(2)12-14-8-9-15-6-4-5-7-16(15)10-14;/h4-11,13,18,20H,12H2,1-3H3;1H. The van der Waals surface area contributed by atoms with E-state index in [0.29, 0.717) is 6.54 Å². The Hall–Kier alpha value is -2.37. The summed E-state index contributed by atoms with van der Waals surface area (Å²) in [5, 5.41) is 9.63. The van der Waals surface area contributed by atoms with Gasteiger partial charge in [-0.05, 0) is 29.4 Å². The van der Waals surface area contributed by atoms with Crippen molar-refractivity contribution in [1.82, 2.24) is 20.0 Å². The molecular formula is C19H23ClN4O. The summed E-state index contributed by atoms with van der Waals surface area (Å²) in [6.45, 7) is 0.572. The molecule has 0 fully saturated rings. The van der Waals surface area contributed by atoms with Gasteiger partial charge in [0.2, 0.25) is 5.91 Å². The molecular weight excluding hydrogens is 336 g/mol. The molecule has 0 saturated heterocycles. The summed E-state index contributed by atoms with van der Waals surface area (Å²) in [6, 6.07) is 14.2. The molecule has 0 aliphatic carbocycles. The second kappa shape index (κ2) is 8.14. The number of carbonyl (C=O) groups is 1. The first-order valence-electron chi connectivity index (χ1n) is 7.97. The average molecular weight is 359 g/mol. The van der Waals surface area contributed by atoms with Crippen LogP contribution in [0.2, 0.25) is 0 Å². The lowest BCUT2D eigenvalue weighted by Crippen LogP contribution is -2.37. The van der Waals surface area contributed by atoms with E-state index in [9.17, 15) is 4.79 Å². The van der Waals surface area contributed by atoms with E-state index in [1.807, 2.05) is 32.4 Å². The molecule has 0 radical (unpaired) electrons. The molecule has 0 saturated carbocycles. The summed E-state index contributed by atoms with van der Waals surface area (Å²) in [6.07, 6.45) is 3.59. The van der Waals surface area contributed by atoms with Crippen molar-refractivity contribution >= 4 is 29.1 Å². The molecule has 3 aromatic rings. The zero-order valence-corrected chi connectivity index (χ0v) is 15.5. The number of carbonyl (C=O) groups excluding carboxylic acids is 1. The molecule has 0 aliphatic heterocycles. The van der Waals surface area contributed by atoms with E-state index in [1.54, 1.807) is 22.8 Å². The average Bonchev–Trinajstić information content (AvgIpc) is 3.01. The molecule has 3 rings (SSSR count). The van der Waals surface area contributed by atoms with Crippen molar-refractivity contribution < 1.29 is 4.79 Å². The first kappa shape index (κ1) is 19.0. The Bertz CT molecular complexity index is 861. The molecule has 1 aromatic heterocycles. The van der Waals surface area contributed by atoms with Crippen LogP contribution in [0.25, 0.3) is 10.8 Å². The van der Waals surface area contributed by atoms with Gasteiger partial charge in [0.1, 0.15) is 6.04 Å². The molecule has 5 nitrogen and oxygen atoms in total. The Morgan fingerprint density at radius 3 is 2.60 bits per heavy atom. The highest BCUT2D eigenvalue weighted by atomic mass is 35.5. The quantitative estimate of drug-likeness (QED) is 0.763. The normalized spacial score (nSPS) is 11.8. The highest BCUT2D eigenvalue weighted by Crippen LogP contribution is 2.19. The summed E-state index contributed by atoms with van der Waals surface area (Å²) in [4.78, 5) is 14.5. The van der Waals surface area contributed by atoms with Crippen LogP contribution in [0.4, 0.5) is 0 Å². The van der Waals surface area contributed by atoms with Crippen molar-refractivity contribution in [1.29, 1.82) is 0 Å². The lowest BCUT2D eigenvalue weighted by atomic mass is 10.1. The number of aryl methyl sites for hydroxylation is 1. The van der Waals surface area contributed by atoms with Crippen molar-refractivity contribution in [3.05, 3.63) is 66.0 Å². The molecule has 0 aliphatic rings. The zero-order chi connectivity index (χ0) is 17.1. The first-order valence-corrected chi connectivity index (χ1v) is 7.97. The predicted molar refractivity (Wildman–Crippen MR) is 103 cm³/mol. The smallest absolute Gasteiger partial charge is 0.244 e. The number of halogens is 1. The van der Waals surface area contributed by atoms with Crippen molar-refractivity contribution in [2.45, 2.75) is 12.6 Å². The van der Waals surface area contributed by atoms with E-state index < -0.39 is 0 Å². The third-order valence-electron chi connectivity index (χ3n) is 4.20. The molecule has 1 amide bonds. The topological polar surface area (TPSA) is 50.2 Å². The van der Waals surface area contributed by atoms with E-state index >= 15 is 0 Å². The summed E-state index contributed by atoms with van der Waals surface area (Å²) in [5.74, 6) is 0.0265. The minimum Gasteiger partial charge on any atom is -0.340 e. The van der Waals surface area contributed by atoms with Crippen LogP contribution in [-0.4, -0.2) is 34.7 Å². The lowest BCUT2D eigenvalue weighted by molar-refractivity contribution is -0.132. The number of aromatic nitrogens is 2. The summed E-state index contributed by atoms with van der Waals surface area (Å²) < 4.78 is 1.70. The van der Waals surface area contributed by atoms with E-state index in [-0.39, 0.29) is 24.4 Å². The van der Waals surface area contributed by atoms with E-state index in [2.05, 4.69) is 40.7 Å². The van der Waals surface area contributed by atoms with Crippen LogP contribution in [-0.2, 0) is 18.4 Å². The highest BCUT2D eigenvalue weighted by Gasteiger charge is 2.23. The molecule has 132 valence electrons. The van der Waals surface area contributed by atoms with Crippen molar-refractivity contribution in [3.63, 3.8) is 0 Å². The maximum atomic E-state index is 12.8. The van der Waals surface area contributed by atoms with Gasteiger partial charge in [-0.15, -0.1) is 12.4 Å². The number of nitrogens with zero attached hydrogens (tertiary/aromatic N) is 3. The van der Waals surface area contributed by atoms with Gasteiger partial charge in [0.15, 0.2) is 0 Å². The molecule has 1 heterocycles. The minimum absolute atomic E-state index is 0. The fourth-order valence-electron chi connectivity index (χ4n) is 2.93. The highest BCUT2D eigenvalue weighted by molar-refractivity contribution is 5.85. The van der Waals surface area contributed by atoms with Gasteiger partial charge in [0.25, 0.3) is 0 Å². The maximum absolute atomic E-state index is 12.8. The van der Waals surface area contributed by atoms with Crippen LogP contribution < -0.4 is 5.32 Å². The van der Waals surface area contributed by atoms with Crippen molar-refractivity contribution in [2.24, 2.45) is 7.05 Å². The minimum atomic E-state index is -0.385. The largest absolute Gasteiger partial charge is 0.340 e. The second-order valence-corrected chi connectivity index (χ2v) is 6.04. The number of hydrogen-bond acceptors (Lipinski definition) is 3. The zero-order valence-electron chi connectivity index (χ0n) is 14.6. The van der Waals surface area contributed by atoms with Gasteiger partial charge < -0.3 is 10.2 Å². The number of fused-ring (bicyclic) bond motifs is 1. The molecule has 1 N–H and O–H groups in total. The number of hydrogen-bond donors (Lipinski definition) is 1. The number of amides is 1. The number of nitrogens with one attached hydrogen (secondary N) is 1. The Morgan fingerprint density at radius 1 is 1.24 bits per heavy atom. The summed E-state index contributed by atoms with van der Waals surface area (Å²) >= 11 is 0. The molecule has 1 atom stereocenters. The fraction of sp³-hybridized carbons (Fsp3) is 0.263. The fourth-order valence-corrected chi connectivity index (χ4v) is 2.93. The van der Waals surface area contributed by atoms with Crippen LogP contribution in [0.1, 0.15) is 17.2 Å². The van der Waals surface area contributed by atoms with Crippen molar-refractivity contribution in [2.75, 3.05) is 14.1 Å². The Morgan fingerprint density at radius 2 is 1.96 bits per heavy atom. The van der Waals surface area contributed by atoms with Crippen LogP contribution in [0.15, 0.2) is 54.9 Å². The molecule has 25 heavy (non-hydrogen) atoms. The van der Waals surface area contributed by atoms with Gasteiger partial charge in [0, 0.05) is 32.4 Å². The monoisotopic (exact) mass is 358 g/mol. The third kappa shape index (κ3) is 4.18. The Kier molecular flexibility index (Phi) is 6.17. The summed E-state index contributed by atoms with van der Waals surface area (Å²) in [7, 11) is 5.47. The second-order valence-electron chi connectivity index (χ2n) is 6.04. The molecule has 0 spiro atoms. The van der Waals surface area contributed by atoms with Gasteiger partial charge in [0.05, 0.1) is 6.20 Å². The predicted octanol–water partition coefficient (Wildman–Crippen LogP) is 2.91. The molecule has 0 bridgehead atoms. The van der Waals surface area contributed by atoms with E-state index in [4.69, 9.17) is 0 Å². The van der Waals surface area contributed by atoms with Crippen LogP contribution in [0, 0.1) is 0 Å². The Balaban J connectivity index is 0.00000225. The summed E-state index contributed by atoms with van der Waals surface area (Å²) in [5.41, 5.74) is 1.99. The molecule has 6 heteroatoms. The van der Waals surface area contributed by atoms with Gasteiger partial charge >= 0.3 is 0 Å². The van der Waals surface area contributed by atoms with Crippen LogP contribution in [0.3, 0.4) is 0 Å². The number of rotatable bonds is 5. The van der Waals surface area contributed by atoms with Gasteiger partial charge in [-0.3, -0.25) is 9.48 Å². The maximum Gasteiger partial charge on any atom is 0.244 e. The van der Waals surface area contributed by atoms with Crippen molar-refractivity contribution in [3.8, 4) is 0 Å². The molecule has 2 aromatic carbocycles. The third-order valence-corrected chi connectivity index (χ3v) is 4.20. The van der Waals surface area contributed by atoms with Crippen LogP contribution in [0.5, 0.6) is 0 Å². The van der Waals surface area contributed by atoms with E-state index in [0.717, 1.165) is 11.1 Å². The Labute approximate surface area is 154 Å². The van der Waals surface area contributed by atoms with E-state index in [1.165, 1.54) is 10.8 Å². The number of benzene rings is 2. The SMILES string of the molecule is CNC(C(=O)N(C)Cc1ccc2ccccc2c1)c1cnn(C)c1.Cl. The molecule has 1 unspecified atom stereocenters. The van der Waals surface area contributed by atoms with Gasteiger partial charge in [-0.2, -0.15) is 5.10 Å². The van der Waals surface area contributed by atoms with Crippen LogP contribution >= 0.6 is 12.4 Å². The van der Waals surface area contributed by atoms with Gasteiger partial charge in [-0.1, -0.05) is 36.4 Å². The lowest BCUT2D eigenvalue weighted by Gasteiger charge is -2.23. The first-order chi connectivity index (χ1) is 11.6. The number of likely N-dealkylation sites (N-methyl/N-ethyl adjacent to an activating group) is 2. The van der Waals surface area contributed by atoms with Gasteiger partial charge in [-0.25, -0.2) is 0 Å².